The lowest BCUT2D eigenvalue weighted by Gasteiger charge is -2.20. The smallest absolute Gasteiger partial charge is 0.141 e. The molecule has 0 fully saturated rings. The van der Waals surface area contributed by atoms with Gasteiger partial charge in [0.25, 0.3) is 0 Å². The molecule has 0 heterocycles. The number of hydrogen-bond donors (Lipinski definition) is 1. The zero-order valence-corrected chi connectivity index (χ0v) is 12.6. The van der Waals surface area contributed by atoms with Crippen LogP contribution in [0, 0.1) is 11.6 Å². The highest BCUT2D eigenvalue weighted by Gasteiger charge is 2.16. The van der Waals surface area contributed by atoms with Crippen molar-refractivity contribution < 1.29 is 8.78 Å². The Morgan fingerprint density at radius 2 is 1.86 bits per heavy atom. The van der Waals surface area contributed by atoms with Crippen molar-refractivity contribution in [2.24, 2.45) is 0 Å². The van der Waals surface area contributed by atoms with Crippen LogP contribution in [0.15, 0.2) is 42.5 Å². The summed E-state index contributed by atoms with van der Waals surface area (Å²) in [4.78, 5) is 0. The molecule has 0 aliphatic heterocycles. The monoisotopic (exact) mass is 309 g/mol. The van der Waals surface area contributed by atoms with Crippen LogP contribution in [0.4, 0.5) is 8.78 Å². The van der Waals surface area contributed by atoms with E-state index in [4.69, 9.17) is 11.6 Å². The summed E-state index contributed by atoms with van der Waals surface area (Å²) in [7, 11) is 0. The van der Waals surface area contributed by atoms with Gasteiger partial charge in [-0.1, -0.05) is 42.8 Å². The fraction of sp³-hybridized carbons (Fsp3) is 0.294. The zero-order chi connectivity index (χ0) is 15.2. The van der Waals surface area contributed by atoms with E-state index >= 15 is 0 Å². The lowest BCUT2D eigenvalue weighted by Crippen LogP contribution is -2.25. The zero-order valence-electron chi connectivity index (χ0n) is 11.9. The van der Waals surface area contributed by atoms with Gasteiger partial charge in [0.2, 0.25) is 0 Å². The van der Waals surface area contributed by atoms with Gasteiger partial charge >= 0.3 is 0 Å². The van der Waals surface area contributed by atoms with Crippen molar-refractivity contribution in [2.75, 3.05) is 6.54 Å². The molecular weight excluding hydrogens is 292 g/mol. The van der Waals surface area contributed by atoms with E-state index in [-0.39, 0.29) is 16.9 Å². The molecule has 2 rings (SSSR count). The Morgan fingerprint density at radius 1 is 1.10 bits per heavy atom. The highest BCUT2D eigenvalue weighted by atomic mass is 35.5. The summed E-state index contributed by atoms with van der Waals surface area (Å²) >= 11 is 5.81. The van der Waals surface area contributed by atoms with Crippen LogP contribution in [0.1, 0.15) is 30.5 Å². The molecule has 0 saturated heterocycles. The molecule has 0 radical (unpaired) electrons. The van der Waals surface area contributed by atoms with Gasteiger partial charge in [0.15, 0.2) is 0 Å². The maximum atomic E-state index is 14.0. The molecule has 1 unspecified atom stereocenters. The number of hydrogen-bond acceptors (Lipinski definition) is 1. The summed E-state index contributed by atoms with van der Waals surface area (Å²) in [5, 5.41) is 3.43. The molecule has 4 heteroatoms. The number of benzene rings is 2. The molecule has 0 bridgehead atoms. The molecule has 0 aliphatic carbocycles. The Balaban J connectivity index is 2.24. The van der Waals surface area contributed by atoms with Gasteiger partial charge in [0, 0.05) is 11.6 Å². The van der Waals surface area contributed by atoms with Crippen molar-refractivity contribution in [1.82, 2.24) is 5.32 Å². The third kappa shape index (κ3) is 4.26. The minimum absolute atomic E-state index is 0.0928. The lowest BCUT2D eigenvalue weighted by atomic mass is 9.98. The van der Waals surface area contributed by atoms with Crippen molar-refractivity contribution in [1.29, 1.82) is 0 Å². The lowest BCUT2D eigenvalue weighted by molar-refractivity contribution is 0.496. The first-order chi connectivity index (χ1) is 10.1. The standard InChI is InChI=1S/C17H18ClF2N/c1-2-9-21-17(13-5-3-4-6-15(13)19)11-12-7-8-16(20)14(18)10-12/h3-8,10,17,21H,2,9,11H2,1H3. The second kappa shape index (κ2) is 7.53. The van der Waals surface area contributed by atoms with Gasteiger partial charge < -0.3 is 5.32 Å². The third-order valence-electron chi connectivity index (χ3n) is 3.35. The molecule has 0 saturated carbocycles. The maximum Gasteiger partial charge on any atom is 0.141 e. The van der Waals surface area contributed by atoms with Crippen LogP contribution in [-0.4, -0.2) is 6.54 Å². The van der Waals surface area contributed by atoms with Crippen molar-refractivity contribution in [3.8, 4) is 0 Å². The highest BCUT2D eigenvalue weighted by Crippen LogP contribution is 2.24. The van der Waals surface area contributed by atoms with Gasteiger partial charge in [-0.3, -0.25) is 0 Å². The minimum Gasteiger partial charge on any atom is -0.310 e. The SMILES string of the molecule is CCCNC(Cc1ccc(F)c(Cl)c1)c1ccccc1F. The van der Waals surface area contributed by atoms with Gasteiger partial charge in [0.1, 0.15) is 11.6 Å². The summed E-state index contributed by atoms with van der Waals surface area (Å²) in [6, 6.07) is 11.2. The van der Waals surface area contributed by atoms with Crippen molar-refractivity contribution in [3.63, 3.8) is 0 Å². The molecule has 0 aromatic heterocycles. The molecule has 2 aromatic rings. The normalized spacial score (nSPS) is 12.4. The van der Waals surface area contributed by atoms with Crippen LogP contribution >= 0.6 is 11.6 Å². The fourth-order valence-electron chi connectivity index (χ4n) is 2.27. The van der Waals surface area contributed by atoms with E-state index in [1.54, 1.807) is 24.3 Å². The summed E-state index contributed by atoms with van der Waals surface area (Å²) in [5.74, 6) is -0.677. The van der Waals surface area contributed by atoms with Gasteiger partial charge in [0.05, 0.1) is 5.02 Å². The summed E-state index contributed by atoms with van der Waals surface area (Å²) in [5.41, 5.74) is 1.49. The van der Waals surface area contributed by atoms with Crippen LogP contribution < -0.4 is 5.32 Å². The molecule has 0 spiro atoms. The third-order valence-corrected chi connectivity index (χ3v) is 3.63. The first kappa shape index (κ1) is 15.9. The largest absolute Gasteiger partial charge is 0.310 e. The second-order valence-corrected chi connectivity index (χ2v) is 5.39. The van der Waals surface area contributed by atoms with Gasteiger partial charge in [-0.05, 0) is 43.1 Å². The van der Waals surface area contributed by atoms with E-state index < -0.39 is 5.82 Å². The molecule has 1 atom stereocenters. The molecule has 21 heavy (non-hydrogen) atoms. The Labute approximate surface area is 128 Å². The summed E-state index contributed by atoms with van der Waals surface area (Å²) < 4.78 is 27.2. The van der Waals surface area contributed by atoms with Crippen LogP contribution in [0.25, 0.3) is 0 Å². The molecule has 2 aromatic carbocycles. The second-order valence-electron chi connectivity index (χ2n) is 4.98. The van der Waals surface area contributed by atoms with E-state index in [1.165, 1.54) is 12.1 Å². The average molecular weight is 310 g/mol. The molecule has 0 amide bonds. The first-order valence-electron chi connectivity index (χ1n) is 7.03. The Hall–Kier alpha value is -1.45. The van der Waals surface area contributed by atoms with Crippen molar-refractivity contribution >= 4 is 11.6 Å². The number of rotatable bonds is 6. The Morgan fingerprint density at radius 3 is 2.52 bits per heavy atom. The van der Waals surface area contributed by atoms with Crippen LogP contribution in [0.2, 0.25) is 5.02 Å². The van der Waals surface area contributed by atoms with E-state index in [1.807, 2.05) is 6.07 Å². The van der Waals surface area contributed by atoms with Crippen LogP contribution in [0.5, 0.6) is 0 Å². The molecule has 112 valence electrons. The number of halogens is 3. The Bertz CT molecular complexity index is 601. The quantitative estimate of drug-likeness (QED) is 0.800. The van der Waals surface area contributed by atoms with Crippen molar-refractivity contribution in [2.45, 2.75) is 25.8 Å². The first-order valence-corrected chi connectivity index (χ1v) is 7.41. The van der Waals surface area contributed by atoms with E-state index in [2.05, 4.69) is 12.2 Å². The maximum absolute atomic E-state index is 14.0. The molecular formula is C17H18ClF2N. The topological polar surface area (TPSA) is 12.0 Å². The average Bonchev–Trinajstić information content (AvgIpc) is 2.48. The minimum atomic E-state index is -0.440. The van der Waals surface area contributed by atoms with Crippen LogP contribution in [-0.2, 0) is 6.42 Å². The fourth-order valence-corrected chi connectivity index (χ4v) is 2.47. The predicted octanol–water partition coefficient (Wildman–Crippen LogP) is 4.90. The highest BCUT2D eigenvalue weighted by molar-refractivity contribution is 6.30. The summed E-state index contributed by atoms with van der Waals surface area (Å²) in [6.07, 6.45) is 1.51. The summed E-state index contributed by atoms with van der Waals surface area (Å²) in [6.45, 7) is 2.84. The van der Waals surface area contributed by atoms with Gasteiger partial charge in [-0.2, -0.15) is 0 Å². The van der Waals surface area contributed by atoms with Crippen molar-refractivity contribution in [3.05, 3.63) is 70.2 Å². The molecule has 1 nitrogen and oxygen atoms in total. The molecule has 1 N–H and O–H groups in total. The predicted molar refractivity (Wildman–Crippen MR) is 82.5 cm³/mol. The van der Waals surface area contributed by atoms with E-state index in [9.17, 15) is 8.78 Å². The van der Waals surface area contributed by atoms with Crippen LogP contribution in [0.3, 0.4) is 0 Å². The van der Waals surface area contributed by atoms with E-state index in [0.717, 1.165) is 18.5 Å². The number of nitrogens with one attached hydrogen (secondary N) is 1. The van der Waals surface area contributed by atoms with E-state index in [0.29, 0.717) is 12.0 Å². The molecule has 0 aliphatic rings. The van der Waals surface area contributed by atoms with Gasteiger partial charge in [-0.15, -0.1) is 0 Å². The Kier molecular flexibility index (Phi) is 5.71. The van der Waals surface area contributed by atoms with Gasteiger partial charge in [-0.25, -0.2) is 8.78 Å².